The second-order valence-electron chi connectivity index (χ2n) is 5.07. The van der Waals surface area contributed by atoms with Crippen LogP contribution in [0.4, 0.5) is 26.3 Å². The normalized spacial score (nSPS) is 17.6. The molecule has 0 N–H and O–H groups in total. The number of rotatable bonds is 0. The van der Waals surface area contributed by atoms with Crippen molar-refractivity contribution in [3.63, 3.8) is 0 Å². The zero-order valence-corrected chi connectivity index (χ0v) is 14.4. The summed E-state index contributed by atoms with van der Waals surface area (Å²) in [6.45, 7) is 0. The first-order valence-corrected chi connectivity index (χ1v) is 9.90. The zero-order valence-electron chi connectivity index (χ0n) is 12.3. The topological polar surface area (TPSA) is 9.23 Å². The van der Waals surface area contributed by atoms with E-state index in [0.717, 1.165) is 12.1 Å². The van der Waals surface area contributed by atoms with Gasteiger partial charge in [-0.1, -0.05) is 0 Å². The SMILES string of the molecule is FC(F)(F)C1(C(F)(F)F)OI(C#Cc2ccccc2)c2ccccc21. The summed E-state index contributed by atoms with van der Waals surface area (Å²) < 4.78 is 87.9. The summed E-state index contributed by atoms with van der Waals surface area (Å²) in [5, 5.41) is 0. The molecule has 3 rings (SSSR count). The summed E-state index contributed by atoms with van der Waals surface area (Å²) in [4.78, 5) is 0. The van der Waals surface area contributed by atoms with Crippen LogP contribution in [0.15, 0.2) is 54.6 Å². The molecule has 0 radical (unpaired) electrons. The Morgan fingerprint density at radius 3 is 1.96 bits per heavy atom. The van der Waals surface area contributed by atoms with Crippen LogP contribution in [0.2, 0.25) is 0 Å². The van der Waals surface area contributed by atoms with Crippen LogP contribution in [0, 0.1) is 13.4 Å². The van der Waals surface area contributed by atoms with E-state index in [4.69, 9.17) is 3.07 Å². The second-order valence-corrected chi connectivity index (χ2v) is 8.63. The average Bonchev–Trinajstić information content (AvgIpc) is 2.89. The molecule has 0 saturated carbocycles. The molecular weight excluding hydrogens is 461 g/mol. The van der Waals surface area contributed by atoms with Gasteiger partial charge in [-0.2, -0.15) is 0 Å². The van der Waals surface area contributed by atoms with Crippen molar-refractivity contribution in [2.75, 3.05) is 0 Å². The van der Waals surface area contributed by atoms with Gasteiger partial charge in [0.05, 0.1) is 0 Å². The molecule has 0 atom stereocenters. The van der Waals surface area contributed by atoms with Gasteiger partial charge in [-0.3, -0.25) is 0 Å². The molecule has 8 heteroatoms. The zero-order chi connectivity index (χ0) is 18.3. The summed E-state index contributed by atoms with van der Waals surface area (Å²) >= 11 is -3.48. The van der Waals surface area contributed by atoms with Crippen LogP contribution in [0.25, 0.3) is 0 Å². The third-order valence-corrected chi connectivity index (χ3v) is 7.34. The standard InChI is InChI=1S/C17H9F6IO/c18-16(19,20)15(17(21,22)23)13-8-4-5-9-14(13)24(25-15)11-10-12-6-2-1-3-7-12/h1-9H. The second kappa shape index (κ2) is 6.21. The Morgan fingerprint density at radius 1 is 0.800 bits per heavy atom. The van der Waals surface area contributed by atoms with Crippen LogP contribution in [0.5, 0.6) is 0 Å². The molecule has 2 aromatic carbocycles. The van der Waals surface area contributed by atoms with Crippen LogP contribution in [0.1, 0.15) is 11.1 Å². The number of fused-ring (bicyclic) bond motifs is 1. The molecular formula is C17H9F6IO. The van der Waals surface area contributed by atoms with E-state index in [9.17, 15) is 26.3 Å². The molecule has 1 heterocycles. The Hall–Kier alpha value is -1.73. The van der Waals surface area contributed by atoms with Gasteiger partial charge in [0.25, 0.3) is 0 Å². The Morgan fingerprint density at radius 2 is 1.36 bits per heavy atom. The molecule has 0 aliphatic carbocycles. The molecule has 1 nitrogen and oxygen atoms in total. The molecule has 0 fully saturated rings. The molecule has 0 saturated heterocycles. The van der Waals surface area contributed by atoms with Crippen LogP contribution in [0.3, 0.4) is 0 Å². The summed E-state index contributed by atoms with van der Waals surface area (Å²) in [7, 11) is 0. The van der Waals surface area contributed by atoms with Crippen LogP contribution in [-0.4, -0.2) is 12.4 Å². The summed E-state index contributed by atoms with van der Waals surface area (Å²) in [6, 6.07) is 12.9. The Labute approximate surface area is 146 Å². The van der Waals surface area contributed by atoms with Gasteiger partial charge in [0.15, 0.2) is 0 Å². The molecule has 132 valence electrons. The van der Waals surface area contributed by atoms with Crippen molar-refractivity contribution >= 4 is 20.2 Å². The van der Waals surface area contributed by atoms with Crippen molar-refractivity contribution in [2.45, 2.75) is 18.0 Å². The first-order valence-electron chi connectivity index (χ1n) is 6.86. The number of benzene rings is 2. The third kappa shape index (κ3) is 3.00. The van der Waals surface area contributed by atoms with Gasteiger partial charge in [0.2, 0.25) is 0 Å². The van der Waals surface area contributed by atoms with Gasteiger partial charge in [0.1, 0.15) is 0 Å². The van der Waals surface area contributed by atoms with Crippen LogP contribution < -0.4 is 0 Å². The fourth-order valence-corrected chi connectivity index (χ4v) is 6.55. The molecule has 1 aliphatic heterocycles. The van der Waals surface area contributed by atoms with E-state index >= 15 is 0 Å². The first-order chi connectivity index (χ1) is 11.7. The monoisotopic (exact) mass is 470 g/mol. The Kier molecular flexibility index (Phi) is 4.49. The van der Waals surface area contributed by atoms with E-state index in [2.05, 4.69) is 9.85 Å². The van der Waals surface area contributed by atoms with Crippen LogP contribution in [-0.2, 0) is 8.67 Å². The molecule has 25 heavy (non-hydrogen) atoms. The number of halogens is 7. The van der Waals surface area contributed by atoms with Crippen LogP contribution >= 0.6 is 20.2 Å². The van der Waals surface area contributed by atoms with E-state index in [-0.39, 0.29) is 3.57 Å². The fraction of sp³-hybridized carbons (Fsp3) is 0.176. The molecule has 0 unspecified atom stereocenters. The molecule has 0 bridgehead atoms. The van der Waals surface area contributed by atoms with Crippen molar-refractivity contribution in [2.24, 2.45) is 0 Å². The molecule has 1 aliphatic rings. The summed E-state index contributed by atoms with van der Waals surface area (Å²) in [5.74, 6) is 2.63. The average molecular weight is 470 g/mol. The van der Waals surface area contributed by atoms with Gasteiger partial charge in [-0.25, -0.2) is 0 Å². The van der Waals surface area contributed by atoms with E-state index in [1.165, 1.54) is 12.1 Å². The van der Waals surface area contributed by atoms with Gasteiger partial charge < -0.3 is 0 Å². The maximum absolute atomic E-state index is 13.5. The van der Waals surface area contributed by atoms with Gasteiger partial charge in [-0.05, 0) is 0 Å². The minimum absolute atomic E-state index is 0.0789. The summed E-state index contributed by atoms with van der Waals surface area (Å²) in [5.41, 5.74) is -4.72. The summed E-state index contributed by atoms with van der Waals surface area (Å²) in [6.07, 6.45) is -11.3. The van der Waals surface area contributed by atoms with E-state index < -0.39 is 43.8 Å². The number of hydrogen-bond acceptors (Lipinski definition) is 1. The fourth-order valence-electron chi connectivity index (χ4n) is 2.34. The van der Waals surface area contributed by atoms with E-state index in [1.807, 2.05) is 0 Å². The van der Waals surface area contributed by atoms with Crippen molar-refractivity contribution in [1.29, 1.82) is 0 Å². The maximum atomic E-state index is 13.5. The predicted molar refractivity (Wildman–Crippen MR) is 87.4 cm³/mol. The van der Waals surface area contributed by atoms with Crippen molar-refractivity contribution in [3.05, 3.63) is 69.3 Å². The Bertz CT molecular complexity index is 818. The van der Waals surface area contributed by atoms with Crippen molar-refractivity contribution in [3.8, 4) is 9.85 Å². The van der Waals surface area contributed by atoms with Gasteiger partial charge in [-0.15, -0.1) is 0 Å². The third-order valence-electron chi connectivity index (χ3n) is 3.48. The van der Waals surface area contributed by atoms with Crippen molar-refractivity contribution < 1.29 is 29.4 Å². The molecule has 0 spiro atoms. The first kappa shape index (κ1) is 18.1. The quantitative estimate of drug-likeness (QED) is 0.275. The van der Waals surface area contributed by atoms with E-state index in [1.54, 1.807) is 30.3 Å². The van der Waals surface area contributed by atoms with Gasteiger partial charge >= 0.3 is 147 Å². The van der Waals surface area contributed by atoms with E-state index in [0.29, 0.717) is 5.56 Å². The number of alkyl halides is 6. The predicted octanol–water partition coefficient (Wildman–Crippen LogP) is 5.64. The van der Waals surface area contributed by atoms with Gasteiger partial charge in [0, 0.05) is 0 Å². The molecule has 2 aromatic rings. The van der Waals surface area contributed by atoms with Crippen molar-refractivity contribution in [1.82, 2.24) is 0 Å². The Balaban J connectivity index is 2.13. The number of hydrogen-bond donors (Lipinski definition) is 0. The minimum atomic E-state index is -5.64. The molecule has 0 aromatic heterocycles. The molecule has 0 amide bonds.